The van der Waals surface area contributed by atoms with Gasteiger partial charge in [-0.1, -0.05) is 12.1 Å². The first kappa shape index (κ1) is 13.6. The fraction of sp³-hybridized carbons (Fsp3) is 0.267. The molecule has 0 aliphatic heterocycles. The largest absolute Gasteiger partial charge is 0.302 e. The second-order valence-corrected chi connectivity index (χ2v) is 4.56. The molecule has 2 nitrogen and oxygen atoms in total. The maximum Gasteiger partial charge on any atom is 0.159 e. The molecule has 1 aromatic heterocycles. The van der Waals surface area contributed by atoms with Crippen molar-refractivity contribution in [1.29, 1.82) is 0 Å². The lowest BCUT2D eigenvalue weighted by Gasteiger charge is -2.16. The van der Waals surface area contributed by atoms with E-state index in [-0.39, 0.29) is 0 Å². The van der Waals surface area contributed by atoms with Crippen molar-refractivity contribution in [3.63, 3.8) is 0 Å². The number of halogens is 2. The number of likely N-dealkylation sites (N-methyl/N-ethyl adjacent to an activating group) is 1. The van der Waals surface area contributed by atoms with Crippen LogP contribution in [0.4, 0.5) is 8.78 Å². The first-order valence-corrected chi connectivity index (χ1v) is 6.17. The number of benzene rings is 1. The third-order valence-electron chi connectivity index (χ3n) is 2.91. The average molecular weight is 262 g/mol. The van der Waals surface area contributed by atoms with E-state index in [0.29, 0.717) is 6.54 Å². The van der Waals surface area contributed by atoms with Gasteiger partial charge < -0.3 is 4.90 Å². The minimum absolute atomic E-state index is 0.587. The van der Waals surface area contributed by atoms with Crippen LogP contribution < -0.4 is 0 Å². The Hall–Kier alpha value is -1.81. The first-order chi connectivity index (χ1) is 9.15. The number of aromatic nitrogens is 1. The van der Waals surface area contributed by atoms with E-state index in [1.54, 1.807) is 12.3 Å². The zero-order valence-corrected chi connectivity index (χ0v) is 10.8. The highest BCUT2D eigenvalue weighted by molar-refractivity contribution is 5.17. The van der Waals surface area contributed by atoms with Crippen LogP contribution in [0.3, 0.4) is 0 Å². The summed E-state index contributed by atoms with van der Waals surface area (Å²) in [6.07, 6.45) is 2.60. The molecule has 1 heterocycles. The summed E-state index contributed by atoms with van der Waals surface area (Å²) in [5.74, 6) is -1.60. The van der Waals surface area contributed by atoms with Crippen molar-refractivity contribution in [2.45, 2.75) is 13.0 Å². The zero-order valence-electron chi connectivity index (χ0n) is 10.8. The van der Waals surface area contributed by atoms with Crippen molar-refractivity contribution >= 4 is 0 Å². The summed E-state index contributed by atoms with van der Waals surface area (Å²) in [5.41, 5.74) is 1.79. The van der Waals surface area contributed by atoms with Crippen molar-refractivity contribution in [1.82, 2.24) is 9.88 Å². The van der Waals surface area contributed by atoms with E-state index in [9.17, 15) is 8.78 Å². The van der Waals surface area contributed by atoms with E-state index in [2.05, 4.69) is 9.88 Å². The SMILES string of the molecule is CN(CCc1ccccn1)Cc1ccc(F)c(F)c1. The van der Waals surface area contributed by atoms with Gasteiger partial charge in [-0.15, -0.1) is 0 Å². The average Bonchev–Trinajstić information content (AvgIpc) is 2.42. The van der Waals surface area contributed by atoms with Gasteiger partial charge in [0, 0.05) is 31.4 Å². The summed E-state index contributed by atoms with van der Waals surface area (Å²) < 4.78 is 25.9. The minimum Gasteiger partial charge on any atom is -0.302 e. The predicted molar refractivity (Wildman–Crippen MR) is 70.6 cm³/mol. The fourth-order valence-corrected chi connectivity index (χ4v) is 1.88. The molecule has 2 aromatic rings. The summed E-state index contributed by atoms with van der Waals surface area (Å²) in [6, 6.07) is 9.83. The van der Waals surface area contributed by atoms with Gasteiger partial charge in [0.15, 0.2) is 11.6 Å². The van der Waals surface area contributed by atoms with Gasteiger partial charge in [-0.25, -0.2) is 8.78 Å². The molecular weight excluding hydrogens is 246 g/mol. The Morgan fingerprint density at radius 2 is 1.95 bits per heavy atom. The van der Waals surface area contributed by atoms with E-state index < -0.39 is 11.6 Å². The molecule has 0 bridgehead atoms. The van der Waals surface area contributed by atoms with Gasteiger partial charge >= 0.3 is 0 Å². The van der Waals surface area contributed by atoms with Crippen LogP contribution in [0.2, 0.25) is 0 Å². The molecular formula is C15H16F2N2. The predicted octanol–water partition coefficient (Wildman–Crippen LogP) is 3.03. The molecule has 0 saturated heterocycles. The van der Waals surface area contributed by atoms with Gasteiger partial charge in [-0.05, 0) is 36.9 Å². The quantitative estimate of drug-likeness (QED) is 0.823. The van der Waals surface area contributed by atoms with Crippen LogP contribution >= 0.6 is 0 Å². The molecule has 0 aliphatic carbocycles. The van der Waals surface area contributed by atoms with Crippen molar-refractivity contribution < 1.29 is 8.78 Å². The third kappa shape index (κ3) is 4.10. The molecule has 0 saturated carbocycles. The number of hydrogen-bond acceptors (Lipinski definition) is 2. The number of hydrogen-bond donors (Lipinski definition) is 0. The van der Waals surface area contributed by atoms with Crippen molar-refractivity contribution in [2.24, 2.45) is 0 Å². The molecule has 0 amide bonds. The highest BCUT2D eigenvalue weighted by Gasteiger charge is 2.05. The molecule has 1 aromatic carbocycles. The van der Waals surface area contributed by atoms with Gasteiger partial charge in [-0.2, -0.15) is 0 Å². The van der Waals surface area contributed by atoms with E-state index in [4.69, 9.17) is 0 Å². The third-order valence-corrected chi connectivity index (χ3v) is 2.91. The number of nitrogens with zero attached hydrogens (tertiary/aromatic N) is 2. The van der Waals surface area contributed by atoms with Crippen LogP contribution in [0.15, 0.2) is 42.6 Å². The van der Waals surface area contributed by atoms with Crippen LogP contribution in [0.25, 0.3) is 0 Å². The van der Waals surface area contributed by atoms with Crippen molar-refractivity contribution in [3.05, 3.63) is 65.5 Å². The van der Waals surface area contributed by atoms with Gasteiger partial charge in [0.25, 0.3) is 0 Å². The summed E-state index contributed by atoms with van der Waals surface area (Å²) in [5, 5.41) is 0. The molecule has 19 heavy (non-hydrogen) atoms. The highest BCUT2D eigenvalue weighted by Crippen LogP contribution is 2.10. The van der Waals surface area contributed by atoms with Crippen LogP contribution in [0, 0.1) is 11.6 Å². The molecule has 2 rings (SSSR count). The van der Waals surface area contributed by atoms with Crippen LogP contribution in [0.5, 0.6) is 0 Å². The van der Waals surface area contributed by atoms with Gasteiger partial charge in [0.05, 0.1) is 0 Å². The molecule has 100 valence electrons. The Morgan fingerprint density at radius 3 is 2.63 bits per heavy atom. The Bertz CT molecular complexity index is 529. The second-order valence-electron chi connectivity index (χ2n) is 4.56. The smallest absolute Gasteiger partial charge is 0.159 e. The Balaban J connectivity index is 1.87. The van der Waals surface area contributed by atoms with Crippen LogP contribution in [-0.2, 0) is 13.0 Å². The first-order valence-electron chi connectivity index (χ1n) is 6.17. The number of pyridine rings is 1. The maximum atomic E-state index is 13.1. The van der Waals surface area contributed by atoms with Crippen LogP contribution in [0.1, 0.15) is 11.3 Å². The molecule has 0 fully saturated rings. The van der Waals surface area contributed by atoms with E-state index in [0.717, 1.165) is 30.3 Å². The lowest BCUT2D eigenvalue weighted by molar-refractivity contribution is 0.329. The van der Waals surface area contributed by atoms with Crippen molar-refractivity contribution in [3.8, 4) is 0 Å². The standard InChI is InChI=1S/C15H16F2N2/c1-19(9-7-13-4-2-3-8-18-13)11-12-5-6-14(16)15(17)10-12/h2-6,8,10H,7,9,11H2,1H3. The topological polar surface area (TPSA) is 16.1 Å². The fourth-order valence-electron chi connectivity index (χ4n) is 1.88. The molecule has 0 spiro atoms. The molecule has 0 N–H and O–H groups in total. The summed E-state index contributed by atoms with van der Waals surface area (Å²) in [7, 11) is 1.95. The van der Waals surface area contributed by atoms with E-state index in [1.807, 2.05) is 25.2 Å². The monoisotopic (exact) mass is 262 g/mol. The minimum atomic E-state index is -0.806. The highest BCUT2D eigenvalue weighted by atomic mass is 19.2. The molecule has 0 atom stereocenters. The van der Waals surface area contributed by atoms with Crippen LogP contribution in [-0.4, -0.2) is 23.5 Å². The lowest BCUT2D eigenvalue weighted by atomic mass is 10.2. The Kier molecular flexibility index (Phi) is 4.58. The summed E-state index contributed by atoms with van der Waals surface area (Å²) in [6.45, 7) is 1.40. The summed E-state index contributed by atoms with van der Waals surface area (Å²) in [4.78, 5) is 6.30. The van der Waals surface area contributed by atoms with Gasteiger partial charge in [0.1, 0.15) is 0 Å². The molecule has 0 radical (unpaired) electrons. The lowest BCUT2D eigenvalue weighted by Crippen LogP contribution is -2.21. The van der Waals surface area contributed by atoms with Gasteiger partial charge in [0.2, 0.25) is 0 Å². The normalized spacial score (nSPS) is 10.9. The van der Waals surface area contributed by atoms with Gasteiger partial charge in [-0.3, -0.25) is 4.98 Å². The Labute approximate surface area is 111 Å². The maximum absolute atomic E-state index is 13.1. The zero-order chi connectivity index (χ0) is 13.7. The van der Waals surface area contributed by atoms with E-state index in [1.165, 1.54) is 6.07 Å². The summed E-state index contributed by atoms with van der Waals surface area (Å²) >= 11 is 0. The number of rotatable bonds is 5. The molecule has 0 unspecified atom stereocenters. The Morgan fingerprint density at radius 1 is 1.11 bits per heavy atom. The van der Waals surface area contributed by atoms with Crippen molar-refractivity contribution in [2.75, 3.05) is 13.6 Å². The van der Waals surface area contributed by atoms with E-state index >= 15 is 0 Å². The second kappa shape index (κ2) is 6.38. The molecule has 4 heteroatoms. The molecule has 0 aliphatic rings.